The molecule has 0 saturated carbocycles. The Bertz CT molecular complexity index is 240. The fourth-order valence-electron chi connectivity index (χ4n) is 0.996. The van der Waals surface area contributed by atoms with Crippen molar-refractivity contribution in [3.63, 3.8) is 0 Å². The SMILES string of the molecule is C[N-]CCc1cc(Cl)cc(Cl)c1. The molecule has 0 radical (unpaired) electrons. The number of nitrogens with zero attached hydrogens (tertiary/aromatic N) is 1. The van der Waals surface area contributed by atoms with Gasteiger partial charge in [0.05, 0.1) is 0 Å². The smallest absolute Gasteiger partial charge is 0.0423 e. The number of rotatable bonds is 3. The van der Waals surface area contributed by atoms with Crippen LogP contribution in [0.3, 0.4) is 0 Å². The first-order chi connectivity index (χ1) is 5.72. The van der Waals surface area contributed by atoms with Gasteiger partial charge in [0.1, 0.15) is 0 Å². The molecule has 1 rings (SSSR count). The van der Waals surface area contributed by atoms with E-state index in [0.717, 1.165) is 18.5 Å². The predicted octanol–water partition coefficient (Wildman–Crippen LogP) is 3.54. The number of halogens is 2. The Balaban J connectivity index is 2.72. The Morgan fingerprint density at radius 2 is 1.75 bits per heavy atom. The average Bonchev–Trinajstić information content (AvgIpc) is 1.99. The van der Waals surface area contributed by atoms with E-state index in [9.17, 15) is 0 Å². The summed E-state index contributed by atoms with van der Waals surface area (Å²) in [4.78, 5) is 0. The van der Waals surface area contributed by atoms with E-state index in [1.807, 2.05) is 12.1 Å². The molecule has 0 aliphatic rings. The highest BCUT2D eigenvalue weighted by atomic mass is 35.5. The van der Waals surface area contributed by atoms with Crippen LogP contribution < -0.4 is 0 Å². The molecule has 66 valence electrons. The van der Waals surface area contributed by atoms with Crippen molar-refractivity contribution in [1.82, 2.24) is 0 Å². The minimum absolute atomic E-state index is 0.689. The lowest BCUT2D eigenvalue weighted by Crippen LogP contribution is -1.89. The number of benzene rings is 1. The Labute approximate surface area is 82.7 Å². The lowest BCUT2D eigenvalue weighted by Gasteiger charge is -2.10. The summed E-state index contributed by atoms with van der Waals surface area (Å²) in [7, 11) is 1.80. The molecule has 0 bridgehead atoms. The van der Waals surface area contributed by atoms with Gasteiger partial charge < -0.3 is 5.32 Å². The maximum atomic E-state index is 5.81. The van der Waals surface area contributed by atoms with Crippen molar-refractivity contribution >= 4 is 23.2 Å². The van der Waals surface area contributed by atoms with E-state index in [-0.39, 0.29) is 0 Å². The molecule has 0 aromatic heterocycles. The quantitative estimate of drug-likeness (QED) is 0.713. The zero-order valence-electron chi connectivity index (χ0n) is 6.85. The minimum atomic E-state index is 0.689. The summed E-state index contributed by atoms with van der Waals surface area (Å²) in [5.41, 5.74) is 1.14. The molecule has 1 nitrogen and oxygen atoms in total. The second kappa shape index (κ2) is 4.70. The fourth-order valence-corrected chi connectivity index (χ4v) is 1.57. The third kappa shape index (κ3) is 3.02. The van der Waals surface area contributed by atoms with Gasteiger partial charge in [0.2, 0.25) is 0 Å². The average molecular weight is 203 g/mol. The molecule has 3 heteroatoms. The van der Waals surface area contributed by atoms with Crippen molar-refractivity contribution in [2.45, 2.75) is 6.42 Å². The number of hydrogen-bond acceptors (Lipinski definition) is 0. The zero-order valence-corrected chi connectivity index (χ0v) is 8.36. The standard InChI is InChI=1S/C9H10Cl2N/c1-12-3-2-7-4-8(10)6-9(11)5-7/h4-6H,2-3H2,1H3/q-1. The first-order valence-electron chi connectivity index (χ1n) is 3.73. The van der Waals surface area contributed by atoms with Crippen molar-refractivity contribution in [1.29, 1.82) is 0 Å². The molecule has 0 aliphatic heterocycles. The molecule has 0 amide bonds. The summed E-state index contributed by atoms with van der Waals surface area (Å²) in [5.74, 6) is 0. The summed E-state index contributed by atoms with van der Waals surface area (Å²) in [5, 5.41) is 5.38. The number of hydrogen-bond donors (Lipinski definition) is 0. The van der Waals surface area contributed by atoms with Crippen LogP contribution in [0.1, 0.15) is 5.56 Å². The predicted molar refractivity (Wildman–Crippen MR) is 54.3 cm³/mol. The van der Waals surface area contributed by atoms with Crippen molar-refractivity contribution in [2.75, 3.05) is 13.6 Å². The molecular formula is C9H10Cl2N-. The van der Waals surface area contributed by atoms with Gasteiger partial charge in [-0.05, 0) is 30.2 Å². The topological polar surface area (TPSA) is 14.1 Å². The van der Waals surface area contributed by atoms with Crippen LogP contribution in [0.5, 0.6) is 0 Å². The van der Waals surface area contributed by atoms with Gasteiger partial charge in [-0.2, -0.15) is 7.05 Å². The van der Waals surface area contributed by atoms with Crippen LogP contribution in [-0.4, -0.2) is 13.6 Å². The van der Waals surface area contributed by atoms with Gasteiger partial charge >= 0.3 is 0 Å². The summed E-state index contributed by atoms with van der Waals surface area (Å²) in [6, 6.07) is 5.56. The summed E-state index contributed by atoms with van der Waals surface area (Å²) >= 11 is 11.6. The Morgan fingerprint density at radius 1 is 1.17 bits per heavy atom. The molecule has 0 unspecified atom stereocenters. The summed E-state index contributed by atoms with van der Waals surface area (Å²) in [6.07, 6.45) is 0.900. The van der Waals surface area contributed by atoms with Crippen molar-refractivity contribution in [3.8, 4) is 0 Å². The monoisotopic (exact) mass is 202 g/mol. The molecule has 0 aliphatic carbocycles. The zero-order chi connectivity index (χ0) is 8.97. The third-order valence-corrected chi connectivity index (χ3v) is 1.98. The van der Waals surface area contributed by atoms with E-state index in [0.29, 0.717) is 10.0 Å². The van der Waals surface area contributed by atoms with Crippen molar-refractivity contribution in [2.24, 2.45) is 0 Å². The summed E-state index contributed by atoms with van der Waals surface area (Å²) < 4.78 is 0. The second-order valence-corrected chi connectivity index (χ2v) is 3.44. The Hall–Kier alpha value is -0.240. The van der Waals surface area contributed by atoms with Crippen LogP contribution in [0.25, 0.3) is 5.32 Å². The van der Waals surface area contributed by atoms with Crippen LogP contribution in [0.15, 0.2) is 18.2 Å². The largest absolute Gasteiger partial charge is 0.665 e. The van der Waals surface area contributed by atoms with E-state index < -0.39 is 0 Å². The van der Waals surface area contributed by atoms with E-state index in [1.165, 1.54) is 0 Å². The first-order valence-corrected chi connectivity index (χ1v) is 4.48. The molecule has 0 heterocycles. The van der Waals surface area contributed by atoms with Gasteiger partial charge in [-0.1, -0.05) is 23.2 Å². The van der Waals surface area contributed by atoms with E-state index in [2.05, 4.69) is 5.32 Å². The lowest BCUT2D eigenvalue weighted by molar-refractivity contribution is 1.04. The normalized spacial score (nSPS) is 10.2. The van der Waals surface area contributed by atoms with Crippen LogP contribution in [-0.2, 0) is 6.42 Å². The van der Waals surface area contributed by atoms with E-state index >= 15 is 0 Å². The van der Waals surface area contributed by atoms with Crippen LogP contribution >= 0.6 is 23.2 Å². The lowest BCUT2D eigenvalue weighted by atomic mass is 10.1. The van der Waals surface area contributed by atoms with Gasteiger partial charge in [0.25, 0.3) is 0 Å². The molecule has 12 heavy (non-hydrogen) atoms. The molecule has 0 spiro atoms. The highest BCUT2D eigenvalue weighted by molar-refractivity contribution is 6.34. The highest BCUT2D eigenvalue weighted by Crippen LogP contribution is 2.19. The highest BCUT2D eigenvalue weighted by Gasteiger charge is 1.95. The number of likely N-dealkylation sites (N-methyl/N-ethyl adjacent to an activating group) is 1. The van der Waals surface area contributed by atoms with Crippen molar-refractivity contribution < 1.29 is 0 Å². The molecule has 0 N–H and O–H groups in total. The van der Waals surface area contributed by atoms with Crippen LogP contribution in [0.4, 0.5) is 0 Å². The van der Waals surface area contributed by atoms with E-state index in [1.54, 1.807) is 13.1 Å². The molecular weight excluding hydrogens is 193 g/mol. The molecule has 0 fully saturated rings. The maximum absolute atomic E-state index is 5.81. The molecule has 1 aromatic carbocycles. The third-order valence-electron chi connectivity index (χ3n) is 1.55. The van der Waals surface area contributed by atoms with Gasteiger partial charge in [0, 0.05) is 10.0 Å². The van der Waals surface area contributed by atoms with Crippen molar-refractivity contribution in [3.05, 3.63) is 39.1 Å². The first kappa shape index (κ1) is 9.85. The van der Waals surface area contributed by atoms with E-state index in [4.69, 9.17) is 23.2 Å². The molecule has 1 aromatic rings. The minimum Gasteiger partial charge on any atom is -0.665 e. The van der Waals surface area contributed by atoms with Gasteiger partial charge in [0.15, 0.2) is 0 Å². The Kier molecular flexibility index (Phi) is 3.86. The molecule has 0 saturated heterocycles. The maximum Gasteiger partial charge on any atom is 0.0423 e. The van der Waals surface area contributed by atoms with Gasteiger partial charge in [-0.15, -0.1) is 6.54 Å². The van der Waals surface area contributed by atoms with Crippen LogP contribution in [0, 0.1) is 0 Å². The second-order valence-electron chi connectivity index (χ2n) is 2.57. The van der Waals surface area contributed by atoms with Gasteiger partial charge in [-0.25, -0.2) is 0 Å². The molecule has 0 atom stereocenters. The summed E-state index contributed by atoms with van der Waals surface area (Å²) in [6.45, 7) is 0.816. The Morgan fingerprint density at radius 3 is 2.25 bits per heavy atom. The van der Waals surface area contributed by atoms with Crippen LogP contribution in [0.2, 0.25) is 10.0 Å². The van der Waals surface area contributed by atoms with Gasteiger partial charge in [-0.3, -0.25) is 0 Å². The fraction of sp³-hybridized carbons (Fsp3) is 0.333.